The van der Waals surface area contributed by atoms with Crippen molar-refractivity contribution in [2.45, 2.75) is 20.0 Å². The van der Waals surface area contributed by atoms with Crippen LogP contribution in [0.5, 0.6) is 5.75 Å². The molecule has 0 aromatic heterocycles. The maximum absolute atomic E-state index is 12.1. The first-order chi connectivity index (χ1) is 10.4. The van der Waals surface area contributed by atoms with Crippen LogP contribution in [0, 0.1) is 6.92 Å². The topological polar surface area (TPSA) is 64.3 Å². The van der Waals surface area contributed by atoms with Crippen molar-refractivity contribution in [2.24, 2.45) is 0 Å². The van der Waals surface area contributed by atoms with E-state index in [2.05, 4.69) is 5.32 Å². The molecule has 0 aliphatic rings. The Morgan fingerprint density at radius 2 is 1.95 bits per heavy atom. The van der Waals surface area contributed by atoms with Crippen LogP contribution >= 0.6 is 23.2 Å². The number of amides is 1. The number of nitrogens with one attached hydrogen (secondary N) is 1. The Labute approximate surface area is 139 Å². The third-order valence-electron chi connectivity index (χ3n) is 3.11. The lowest BCUT2D eigenvalue weighted by atomic mass is 10.2. The first-order valence-corrected chi connectivity index (χ1v) is 7.41. The van der Waals surface area contributed by atoms with Crippen molar-refractivity contribution in [1.29, 1.82) is 0 Å². The maximum atomic E-state index is 12.1. The number of hydrogen-bond acceptors (Lipinski definition) is 3. The van der Waals surface area contributed by atoms with Crippen molar-refractivity contribution in [3.63, 3.8) is 0 Å². The summed E-state index contributed by atoms with van der Waals surface area (Å²) in [7, 11) is 0. The number of benzene rings is 2. The van der Waals surface area contributed by atoms with Gasteiger partial charge in [-0.2, -0.15) is 0 Å². The maximum Gasteiger partial charge on any atom is 0.265 e. The third-order valence-corrected chi connectivity index (χ3v) is 3.64. The van der Waals surface area contributed by atoms with Crippen molar-refractivity contribution in [1.82, 2.24) is 0 Å². The van der Waals surface area contributed by atoms with Gasteiger partial charge < -0.3 is 15.8 Å². The number of anilines is 2. The molecule has 1 amide bonds. The zero-order valence-corrected chi connectivity index (χ0v) is 13.7. The van der Waals surface area contributed by atoms with Gasteiger partial charge in [0.2, 0.25) is 0 Å². The lowest BCUT2D eigenvalue weighted by Crippen LogP contribution is -2.30. The van der Waals surface area contributed by atoms with E-state index in [9.17, 15) is 4.79 Å². The minimum atomic E-state index is -0.721. The van der Waals surface area contributed by atoms with Crippen molar-refractivity contribution < 1.29 is 9.53 Å². The highest BCUT2D eigenvalue weighted by molar-refractivity contribution is 6.35. The predicted molar refractivity (Wildman–Crippen MR) is 90.8 cm³/mol. The molecule has 2 rings (SSSR count). The van der Waals surface area contributed by atoms with Crippen molar-refractivity contribution in [3.8, 4) is 5.75 Å². The summed E-state index contributed by atoms with van der Waals surface area (Å²) in [5, 5.41) is 3.61. The summed E-state index contributed by atoms with van der Waals surface area (Å²) in [6.45, 7) is 3.53. The molecule has 0 bridgehead atoms. The average molecular weight is 339 g/mol. The molecule has 0 heterocycles. The quantitative estimate of drug-likeness (QED) is 0.817. The predicted octanol–water partition coefficient (Wildman–Crippen LogP) is 4.29. The van der Waals surface area contributed by atoms with Gasteiger partial charge in [-0.3, -0.25) is 4.79 Å². The molecule has 116 valence electrons. The normalized spacial score (nSPS) is 11.8. The van der Waals surface area contributed by atoms with Crippen LogP contribution in [0.3, 0.4) is 0 Å². The molecule has 0 aliphatic heterocycles. The van der Waals surface area contributed by atoms with Crippen molar-refractivity contribution in [2.75, 3.05) is 11.1 Å². The largest absolute Gasteiger partial charge is 0.479 e. The molecule has 2 aromatic rings. The Hall–Kier alpha value is -1.91. The highest BCUT2D eigenvalue weighted by Gasteiger charge is 2.16. The molecule has 4 nitrogen and oxygen atoms in total. The molecule has 22 heavy (non-hydrogen) atoms. The minimum Gasteiger partial charge on any atom is -0.479 e. The molecule has 0 unspecified atom stereocenters. The van der Waals surface area contributed by atoms with Crippen LogP contribution in [0.4, 0.5) is 11.4 Å². The monoisotopic (exact) mass is 338 g/mol. The molecule has 3 N–H and O–H groups in total. The Kier molecular flexibility index (Phi) is 5.16. The fourth-order valence-corrected chi connectivity index (χ4v) is 2.23. The summed E-state index contributed by atoms with van der Waals surface area (Å²) in [4.78, 5) is 12.1. The van der Waals surface area contributed by atoms with Crippen LogP contribution in [-0.2, 0) is 4.79 Å². The second kappa shape index (κ2) is 6.90. The van der Waals surface area contributed by atoms with Gasteiger partial charge in [-0.15, -0.1) is 0 Å². The molecule has 0 fully saturated rings. The molecule has 0 saturated carbocycles. The zero-order chi connectivity index (χ0) is 16.3. The van der Waals surface area contributed by atoms with E-state index < -0.39 is 6.10 Å². The highest BCUT2D eigenvalue weighted by Crippen LogP contribution is 2.28. The van der Waals surface area contributed by atoms with Crippen LogP contribution in [0.1, 0.15) is 12.5 Å². The summed E-state index contributed by atoms with van der Waals surface area (Å²) in [6, 6.07) is 10.2. The lowest BCUT2D eigenvalue weighted by Gasteiger charge is -2.16. The Balaban J connectivity index is 2.04. The SMILES string of the molecule is Cc1ccc(NC(=O)[C@@H](C)Oc2ccc(Cl)cc2Cl)cc1N. The summed E-state index contributed by atoms with van der Waals surface area (Å²) in [5.74, 6) is 0.103. The number of nitrogens with two attached hydrogens (primary N) is 1. The molecule has 6 heteroatoms. The van der Waals surface area contributed by atoms with E-state index in [1.807, 2.05) is 13.0 Å². The zero-order valence-electron chi connectivity index (χ0n) is 12.2. The first-order valence-electron chi connectivity index (χ1n) is 6.65. The molecular formula is C16H16Cl2N2O2. The highest BCUT2D eigenvalue weighted by atomic mass is 35.5. The van der Waals surface area contributed by atoms with E-state index in [-0.39, 0.29) is 5.91 Å². The number of ether oxygens (including phenoxy) is 1. The van der Waals surface area contributed by atoms with E-state index in [4.69, 9.17) is 33.7 Å². The van der Waals surface area contributed by atoms with Crippen molar-refractivity contribution in [3.05, 3.63) is 52.0 Å². The van der Waals surface area contributed by atoms with Gasteiger partial charge in [-0.25, -0.2) is 0 Å². The summed E-state index contributed by atoms with van der Waals surface area (Å²) >= 11 is 11.8. The molecule has 1 atom stereocenters. The van der Waals surface area contributed by atoms with E-state index >= 15 is 0 Å². The number of halogens is 2. The fourth-order valence-electron chi connectivity index (χ4n) is 1.78. The fraction of sp³-hybridized carbons (Fsp3) is 0.188. The van der Waals surface area contributed by atoms with Gasteiger partial charge in [0.05, 0.1) is 5.02 Å². The Bertz CT molecular complexity index is 705. The Morgan fingerprint density at radius 1 is 1.23 bits per heavy atom. The molecular weight excluding hydrogens is 323 g/mol. The number of carbonyl (C=O) groups excluding carboxylic acids is 1. The van der Waals surface area contributed by atoms with E-state index in [1.165, 1.54) is 0 Å². The van der Waals surface area contributed by atoms with Crippen LogP contribution in [0.2, 0.25) is 10.0 Å². The van der Waals surface area contributed by atoms with Gasteiger partial charge in [0.1, 0.15) is 5.75 Å². The molecule has 0 radical (unpaired) electrons. The van der Waals surface area contributed by atoms with Gasteiger partial charge >= 0.3 is 0 Å². The van der Waals surface area contributed by atoms with Crippen molar-refractivity contribution >= 4 is 40.5 Å². The van der Waals surface area contributed by atoms with Gasteiger partial charge in [0.25, 0.3) is 5.91 Å². The summed E-state index contributed by atoms with van der Waals surface area (Å²) in [5.41, 5.74) is 8.01. The molecule has 0 saturated heterocycles. The van der Waals surface area contributed by atoms with Crippen LogP contribution < -0.4 is 15.8 Å². The van der Waals surface area contributed by atoms with E-state index in [0.717, 1.165) is 5.56 Å². The van der Waals surface area contributed by atoms with Crippen LogP contribution in [-0.4, -0.2) is 12.0 Å². The number of rotatable bonds is 4. The van der Waals surface area contributed by atoms with Gasteiger partial charge in [0.15, 0.2) is 6.10 Å². The second-order valence-electron chi connectivity index (χ2n) is 4.90. The first kappa shape index (κ1) is 16.5. The molecule has 2 aromatic carbocycles. The Morgan fingerprint density at radius 3 is 2.59 bits per heavy atom. The standard InChI is InChI=1S/C16H16Cl2N2O2/c1-9-3-5-12(8-14(9)19)20-16(21)10(2)22-15-6-4-11(17)7-13(15)18/h3-8,10H,19H2,1-2H3,(H,20,21)/t10-/m1/s1. The van der Waals surface area contributed by atoms with E-state index in [1.54, 1.807) is 37.3 Å². The van der Waals surface area contributed by atoms with Gasteiger partial charge in [0, 0.05) is 16.4 Å². The van der Waals surface area contributed by atoms with Gasteiger partial charge in [-0.1, -0.05) is 29.3 Å². The van der Waals surface area contributed by atoms with Crippen LogP contribution in [0.15, 0.2) is 36.4 Å². The van der Waals surface area contributed by atoms with E-state index in [0.29, 0.717) is 27.2 Å². The lowest BCUT2D eigenvalue weighted by molar-refractivity contribution is -0.122. The smallest absolute Gasteiger partial charge is 0.265 e. The molecule has 0 aliphatic carbocycles. The number of carbonyl (C=O) groups is 1. The number of nitrogen functional groups attached to an aromatic ring is 1. The van der Waals surface area contributed by atoms with Gasteiger partial charge in [-0.05, 0) is 49.7 Å². The number of hydrogen-bond donors (Lipinski definition) is 2. The molecule has 0 spiro atoms. The second-order valence-corrected chi connectivity index (χ2v) is 5.74. The third kappa shape index (κ3) is 4.06. The average Bonchev–Trinajstić information content (AvgIpc) is 2.45. The number of aryl methyl sites for hydroxylation is 1. The van der Waals surface area contributed by atoms with Crippen LogP contribution in [0.25, 0.3) is 0 Å². The summed E-state index contributed by atoms with van der Waals surface area (Å²) < 4.78 is 5.55. The summed E-state index contributed by atoms with van der Waals surface area (Å²) in [6.07, 6.45) is -0.721. The minimum absolute atomic E-state index is 0.297.